The molecular weight excluding hydrogens is 574 g/mol. The second kappa shape index (κ2) is 14.0. The number of hydrogen-bond acceptors (Lipinski definition) is 5. The number of rotatable bonds is 10. The second-order valence-corrected chi connectivity index (χ2v) is 12.8. The quantitative estimate of drug-likeness (QED) is 0.115. The molecule has 5 aromatic rings. The van der Waals surface area contributed by atoms with E-state index in [1.807, 2.05) is 91.5 Å². The van der Waals surface area contributed by atoms with E-state index >= 15 is 0 Å². The van der Waals surface area contributed by atoms with Gasteiger partial charge in [0.1, 0.15) is 17.2 Å². The van der Waals surface area contributed by atoms with Crippen molar-refractivity contribution >= 4 is 28.8 Å². The van der Waals surface area contributed by atoms with E-state index in [0.717, 1.165) is 58.5 Å². The highest BCUT2D eigenvalue weighted by Crippen LogP contribution is 2.32. The van der Waals surface area contributed by atoms with Crippen molar-refractivity contribution in [2.75, 3.05) is 4.90 Å². The summed E-state index contributed by atoms with van der Waals surface area (Å²) in [6, 6.07) is 31.2. The van der Waals surface area contributed by atoms with Gasteiger partial charge in [-0.15, -0.1) is 0 Å². The lowest BCUT2D eigenvalue weighted by Gasteiger charge is -2.27. The first-order valence-electron chi connectivity index (χ1n) is 16.0. The van der Waals surface area contributed by atoms with Gasteiger partial charge in [0.05, 0.1) is 11.0 Å². The summed E-state index contributed by atoms with van der Waals surface area (Å²) in [5.74, 6) is 1.44. The lowest BCUT2D eigenvalue weighted by atomic mass is 10.0. The number of para-hydroxylation sites is 1. The van der Waals surface area contributed by atoms with Gasteiger partial charge in [-0.25, -0.2) is 9.78 Å². The van der Waals surface area contributed by atoms with Crippen LogP contribution in [0.25, 0.3) is 22.2 Å². The van der Waals surface area contributed by atoms with Gasteiger partial charge < -0.3 is 18.9 Å². The maximum Gasteiger partial charge on any atom is 0.514 e. The molecular formula is C39H43N3O4. The van der Waals surface area contributed by atoms with Crippen molar-refractivity contribution in [3.63, 3.8) is 0 Å². The van der Waals surface area contributed by atoms with Crippen molar-refractivity contribution in [1.29, 1.82) is 0 Å². The maximum absolute atomic E-state index is 13.6. The summed E-state index contributed by atoms with van der Waals surface area (Å²) >= 11 is 0. The third kappa shape index (κ3) is 7.65. The average Bonchev–Trinajstić information content (AvgIpc) is 3.36. The van der Waals surface area contributed by atoms with Gasteiger partial charge in [-0.05, 0) is 88.6 Å². The van der Waals surface area contributed by atoms with E-state index < -0.39 is 11.8 Å². The molecule has 238 valence electrons. The number of ether oxygens (including phenoxy) is 2. The molecule has 1 amide bonds. The molecule has 46 heavy (non-hydrogen) atoms. The van der Waals surface area contributed by atoms with Gasteiger partial charge in [0, 0.05) is 35.8 Å². The Bertz CT molecular complexity index is 1800. The normalized spacial score (nSPS) is 11.5. The lowest BCUT2D eigenvalue weighted by molar-refractivity contribution is 0.0207. The van der Waals surface area contributed by atoms with Gasteiger partial charge in [0.25, 0.3) is 5.91 Å². The predicted molar refractivity (Wildman–Crippen MR) is 185 cm³/mol. The zero-order valence-corrected chi connectivity index (χ0v) is 27.6. The molecule has 7 heteroatoms. The third-order valence-electron chi connectivity index (χ3n) is 7.67. The zero-order chi connectivity index (χ0) is 32.8. The van der Waals surface area contributed by atoms with E-state index in [1.54, 1.807) is 26.8 Å². The number of anilines is 1. The molecule has 0 saturated carbocycles. The number of aryl methyl sites for hydroxylation is 1. The van der Waals surface area contributed by atoms with E-state index in [2.05, 4.69) is 29.7 Å². The molecule has 0 radical (unpaired) electrons. The minimum Gasteiger partial charge on any atom is -0.428 e. The molecule has 5 rings (SSSR count). The van der Waals surface area contributed by atoms with Gasteiger partial charge in [-0.3, -0.25) is 4.79 Å². The van der Waals surface area contributed by atoms with Crippen LogP contribution in [-0.4, -0.2) is 33.3 Å². The van der Waals surface area contributed by atoms with Crippen molar-refractivity contribution < 1.29 is 19.1 Å². The summed E-state index contributed by atoms with van der Waals surface area (Å²) in [6.07, 6.45) is 2.24. The van der Waals surface area contributed by atoms with Crippen LogP contribution in [0.3, 0.4) is 0 Å². The molecule has 0 atom stereocenters. The number of nitrogens with zero attached hydrogens (tertiary/aromatic N) is 3. The van der Waals surface area contributed by atoms with E-state index in [-0.39, 0.29) is 11.9 Å². The molecule has 4 aromatic carbocycles. The largest absolute Gasteiger partial charge is 0.514 e. The molecule has 1 aromatic heterocycles. The highest BCUT2D eigenvalue weighted by atomic mass is 16.7. The number of aromatic nitrogens is 2. The number of carbonyl (C=O) groups is 2. The summed E-state index contributed by atoms with van der Waals surface area (Å²) < 4.78 is 13.2. The second-order valence-electron chi connectivity index (χ2n) is 12.8. The van der Waals surface area contributed by atoms with Crippen LogP contribution in [0.1, 0.15) is 76.1 Å². The molecule has 0 fully saturated rings. The summed E-state index contributed by atoms with van der Waals surface area (Å²) in [6.45, 7) is 12.3. The molecule has 0 aliphatic rings. The van der Waals surface area contributed by atoms with Crippen LogP contribution in [0.5, 0.6) is 5.75 Å². The monoisotopic (exact) mass is 617 g/mol. The topological polar surface area (TPSA) is 73.7 Å². The SMILES string of the molecule is CCCCc1nc2ccc(N(C(=O)c3ccccc3)C(C)C)cc2n1Cc1ccc(-c2ccccc2OC(=O)OC(C)(C)C)cc1. The van der Waals surface area contributed by atoms with Crippen molar-refractivity contribution in [2.24, 2.45) is 0 Å². The fraction of sp³-hybridized carbons (Fsp3) is 0.308. The number of unbranched alkanes of at least 4 members (excludes halogenated alkanes) is 1. The first-order chi connectivity index (χ1) is 22.0. The summed E-state index contributed by atoms with van der Waals surface area (Å²) in [5, 5.41) is 0. The van der Waals surface area contributed by atoms with Crippen LogP contribution in [-0.2, 0) is 17.7 Å². The molecule has 0 saturated heterocycles. The van der Waals surface area contributed by atoms with Gasteiger partial charge in [0.2, 0.25) is 0 Å². The third-order valence-corrected chi connectivity index (χ3v) is 7.67. The number of benzene rings is 4. The van der Waals surface area contributed by atoms with E-state index in [4.69, 9.17) is 14.5 Å². The number of carbonyl (C=O) groups excluding carboxylic acids is 2. The molecule has 0 bridgehead atoms. The highest BCUT2D eigenvalue weighted by Gasteiger charge is 2.23. The van der Waals surface area contributed by atoms with Gasteiger partial charge in [-0.2, -0.15) is 0 Å². The van der Waals surface area contributed by atoms with Gasteiger partial charge >= 0.3 is 6.16 Å². The van der Waals surface area contributed by atoms with Crippen LogP contribution >= 0.6 is 0 Å². The molecule has 1 heterocycles. The minimum atomic E-state index is -0.732. The number of hydrogen-bond donors (Lipinski definition) is 0. The molecule has 0 aliphatic heterocycles. The molecule has 0 aliphatic carbocycles. The van der Waals surface area contributed by atoms with Gasteiger partial charge in [0.15, 0.2) is 0 Å². The Kier molecular flexibility index (Phi) is 9.90. The standard InChI is InChI=1S/C39H43N3O4/c1-7-8-18-36-40-33-24-23-31(42(27(2)3)37(43)30-14-10-9-11-15-30)25-34(33)41(36)26-28-19-21-29(22-20-28)32-16-12-13-17-35(32)45-38(44)46-39(4,5)6/h9-17,19-25,27H,7-8,18,26H2,1-6H3. The highest BCUT2D eigenvalue weighted by molar-refractivity contribution is 6.07. The fourth-order valence-electron chi connectivity index (χ4n) is 5.51. The van der Waals surface area contributed by atoms with Crippen LogP contribution in [0.15, 0.2) is 97.1 Å². The zero-order valence-electron chi connectivity index (χ0n) is 27.6. The molecule has 0 unspecified atom stereocenters. The average molecular weight is 618 g/mol. The Hall–Kier alpha value is -4.91. The number of imidazole rings is 1. The Morgan fingerprint density at radius 3 is 2.26 bits per heavy atom. The van der Waals surface area contributed by atoms with Crippen molar-refractivity contribution in [3.05, 3.63) is 114 Å². The Balaban J connectivity index is 1.46. The van der Waals surface area contributed by atoms with E-state index in [1.165, 1.54) is 0 Å². The summed E-state index contributed by atoms with van der Waals surface area (Å²) in [7, 11) is 0. The Morgan fingerprint density at radius 1 is 0.891 bits per heavy atom. The van der Waals surface area contributed by atoms with Crippen LogP contribution in [0.4, 0.5) is 10.5 Å². The Labute approximate surface area is 271 Å². The Morgan fingerprint density at radius 2 is 1.59 bits per heavy atom. The summed E-state index contributed by atoms with van der Waals surface area (Å²) in [4.78, 5) is 32.9. The van der Waals surface area contributed by atoms with Crippen molar-refractivity contribution in [1.82, 2.24) is 9.55 Å². The predicted octanol–water partition coefficient (Wildman–Crippen LogP) is 9.46. The first kappa shape index (κ1) is 32.5. The van der Waals surface area contributed by atoms with Crippen LogP contribution in [0, 0.1) is 0 Å². The number of amides is 1. The smallest absolute Gasteiger partial charge is 0.428 e. The molecule has 0 N–H and O–H groups in total. The van der Waals surface area contributed by atoms with E-state index in [0.29, 0.717) is 17.9 Å². The van der Waals surface area contributed by atoms with Crippen molar-refractivity contribution in [3.8, 4) is 16.9 Å². The van der Waals surface area contributed by atoms with Crippen LogP contribution < -0.4 is 9.64 Å². The molecule has 0 spiro atoms. The number of fused-ring (bicyclic) bond motifs is 1. The molecule has 7 nitrogen and oxygen atoms in total. The minimum absolute atomic E-state index is 0.0289. The maximum atomic E-state index is 13.6. The van der Waals surface area contributed by atoms with Crippen LogP contribution in [0.2, 0.25) is 0 Å². The van der Waals surface area contributed by atoms with Gasteiger partial charge in [-0.1, -0.05) is 74.0 Å². The van der Waals surface area contributed by atoms with E-state index in [9.17, 15) is 9.59 Å². The fourth-order valence-corrected chi connectivity index (χ4v) is 5.51. The first-order valence-corrected chi connectivity index (χ1v) is 16.0. The summed E-state index contributed by atoms with van der Waals surface area (Å²) in [5.41, 5.74) is 5.61. The lowest BCUT2D eigenvalue weighted by Crippen LogP contribution is -2.37. The van der Waals surface area contributed by atoms with Crippen molar-refractivity contribution in [2.45, 2.75) is 79.0 Å².